The van der Waals surface area contributed by atoms with Crippen LogP contribution in [0.15, 0.2) is 24.4 Å². The predicted molar refractivity (Wildman–Crippen MR) is 63.9 cm³/mol. The van der Waals surface area contributed by atoms with E-state index >= 15 is 0 Å². The third-order valence-corrected chi connectivity index (χ3v) is 2.39. The van der Waals surface area contributed by atoms with E-state index in [1.54, 1.807) is 6.08 Å². The highest BCUT2D eigenvalue weighted by molar-refractivity contribution is 5.97. The van der Waals surface area contributed by atoms with E-state index in [1.165, 1.54) is 6.20 Å². The lowest BCUT2D eigenvalue weighted by atomic mass is 10.2. The van der Waals surface area contributed by atoms with Gasteiger partial charge in [-0.15, -0.1) is 6.58 Å². The summed E-state index contributed by atoms with van der Waals surface area (Å²) in [5.74, 6) is -0.375. The fourth-order valence-electron chi connectivity index (χ4n) is 1.50. The lowest BCUT2D eigenvalue weighted by Gasteiger charge is -2.10. The first-order valence-electron chi connectivity index (χ1n) is 5.62. The van der Waals surface area contributed by atoms with Gasteiger partial charge < -0.3 is 15.4 Å². The molecule has 1 amide bonds. The van der Waals surface area contributed by atoms with Crippen LogP contribution in [-0.2, 0) is 9.53 Å². The molecule has 1 saturated heterocycles. The number of carbonyl (C=O) groups is 1. The van der Waals surface area contributed by atoms with Crippen LogP contribution in [0.5, 0.6) is 0 Å². The molecule has 2 N–H and O–H groups in total. The van der Waals surface area contributed by atoms with E-state index in [1.807, 2.05) is 6.07 Å². The summed E-state index contributed by atoms with van der Waals surface area (Å²) >= 11 is 0. The number of hydrogen-bond donors (Lipinski definition) is 2. The highest BCUT2D eigenvalue weighted by Gasteiger charge is 2.17. The van der Waals surface area contributed by atoms with Crippen molar-refractivity contribution in [2.75, 3.05) is 19.7 Å². The van der Waals surface area contributed by atoms with Crippen LogP contribution in [0.3, 0.4) is 0 Å². The number of nitrogens with zero attached hydrogens (tertiary/aromatic N) is 1. The normalized spacial score (nSPS) is 19.5. The molecule has 1 heterocycles. The SMILES string of the molecule is C=CCN/C=C(/C#N)C(=O)NCC1CCCO1. The molecule has 1 aliphatic heterocycles. The van der Waals surface area contributed by atoms with Crippen LogP contribution in [-0.4, -0.2) is 31.7 Å². The minimum absolute atomic E-state index is 0.0600. The standard InChI is InChI=1S/C12H17N3O2/c1-2-5-14-8-10(7-13)12(16)15-9-11-4-3-6-17-11/h2,8,11,14H,1,3-6,9H2,(H,15,16)/b10-8-. The van der Waals surface area contributed by atoms with E-state index < -0.39 is 0 Å². The third-order valence-electron chi connectivity index (χ3n) is 2.39. The van der Waals surface area contributed by atoms with Crippen LogP contribution in [0, 0.1) is 11.3 Å². The summed E-state index contributed by atoms with van der Waals surface area (Å²) in [5, 5.41) is 14.3. The van der Waals surface area contributed by atoms with Crippen LogP contribution >= 0.6 is 0 Å². The Bertz CT molecular complexity index is 338. The Morgan fingerprint density at radius 2 is 2.47 bits per heavy atom. The van der Waals surface area contributed by atoms with E-state index in [-0.39, 0.29) is 17.6 Å². The van der Waals surface area contributed by atoms with Crippen molar-refractivity contribution in [2.45, 2.75) is 18.9 Å². The van der Waals surface area contributed by atoms with E-state index in [2.05, 4.69) is 17.2 Å². The molecule has 0 aromatic rings. The van der Waals surface area contributed by atoms with Crippen molar-refractivity contribution in [1.82, 2.24) is 10.6 Å². The van der Waals surface area contributed by atoms with Gasteiger partial charge in [0.25, 0.3) is 5.91 Å². The minimum atomic E-state index is -0.375. The van der Waals surface area contributed by atoms with Gasteiger partial charge in [0.1, 0.15) is 11.6 Å². The van der Waals surface area contributed by atoms with Crippen LogP contribution in [0.2, 0.25) is 0 Å². The molecule has 0 aromatic carbocycles. The molecule has 5 nitrogen and oxygen atoms in total. The van der Waals surface area contributed by atoms with Crippen molar-refractivity contribution in [3.05, 3.63) is 24.4 Å². The number of carbonyl (C=O) groups excluding carboxylic acids is 1. The summed E-state index contributed by atoms with van der Waals surface area (Å²) in [5.41, 5.74) is 0.0600. The lowest BCUT2D eigenvalue weighted by molar-refractivity contribution is -0.117. The molecule has 0 radical (unpaired) electrons. The Kier molecular flexibility index (Phi) is 5.83. The molecule has 92 valence electrons. The molecular formula is C12H17N3O2. The zero-order valence-electron chi connectivity index (χ0n) is 9.74. The first kappa shape index (κ1) is 13.3. The molecule has 1 unspecified atom stereocenters. The molecule has 1 aliphatic rings. The summed E-state index contributed by atoms with van der Waals surface area (Å²) in [4.78, 5) is 11.6. The number of nitriles is 1. The molecule has 0 saturated carbocycles. The van der Waals surface area contributed by atoms with Crippen molar-refractivity contribution in [3.8, 4) is 6.07 Å². The van der Waals surface area contributed by atoms with Gasteiger partial charge >= 0.3 is 0 Å². The quantitative estimate of drug-likeness (QED) is 0.304. The van der Waals surface area contributed by atoms with Gasteiger partial charge in [-0.2, -0.15) is 5.26 Å². The Hall–Kier alpha value is -1.80. The smallest absolute Gasteiger partial charge is 0.263 e. The molecule has 5 heteroatoms. The second-order valence-electron chi connectivity index (χ2n) is 3.71. The van der Waals surface area contributed by atoms with Gasteiger partial charge in [0.15, 0.2) is 0 Å². The van der Waals surface area contributed by atoms with Gasteiger partial charge in [0.2, 0.25) is 0 Å². The number of amides is 1. The van der Waals surface area contributed by atoms with Gasteiger partial charge in [0.05, 0.1) is 6.10 Å². The van der Waals surface area contributed by atoms with Crippen molar-refractivity contribution in [3.63, 3.8) is 0 Å². The first-order valence-corrected chi connectivity index (χ1v) is 5.62. The highest BCUT2D eigenvalue weighted by Crippen LogP contribution is 2.10. The molecular weight excluding hydrogens is 218 g/mol. The number of rotatable bonds is 6. The highest BCUT2D eigenvalue weighted by atomic mass is 16.5. The molecule has 0 bridgehead atoms. The third kappa shape index (κ3) is 4.70. The van der Waals surface area contributed by atoms with Crippen molar-refractivity contribution in [1.29, 1.82) is 5.26 Å². The van der Waals surface area contributed by atoms with Gasteiger partial charge in [-0.1, -0.05) is 6.08 Å². The Morgan fingerprint density at radius 1 is 1.65 bits per heavy atom. The molecule has 0 aromatic heterocycles. The van der Waals surface area contributed by atoms with Crippen LogP contribution in [0.25, 0.3) is 0 Å². The molecule has 1 fully saturated rings. The van der Waals surface area contributed by atoms with Crippen LogP contribution < -0.4 is 10.6 Å². The minimum Gasteiger partial charge on any atom is -0.386 e. The van der Waals surface area contributed by atoms with Crippen molar-refractivity contribution >= 4 is 5.91 Å². The van der Waals surface area contributed by atoms with Crippen LogP contribution in [0.1, 0.15) is 12.8 Å². The number of nitrogens with one attached hydrogen (secondary N) is 2. The average molecular weight is 235 g/mol. The van der Waals surface area contributed by atoms with E-state index in [0.29, 0.717) is 13.1 Å². The van der Waals surface area contributed by atoms with Gasteiger partial charge in [0, 0.05) is 25.9 Å². The lowest BCUT2D eigenvalue weighted by Crippen LogP contribution is -2.33. The maximum atomic E-state index is 11.6. The maximum absolute atomic E-state index is 11.6. The van der Waals surface area contributed by atoms with E-state index in [4.69, 9.17) is 10.00 Å². The zero-order chi connectivity index (χ0) is 12.5. The first-order chi connectivity index (χ1) is 8.27. The summed E-state index contributed by atoms with van der Waals surface area (Å²) in [6, 6.07) is 1.85. The number of ether oxygens (including phenoxy) is 1. The molecule has 1 rings (SSSR count). The molecule has 0 aliphatic carbocycles. The van der Waals surface area contributed by atoms with Crippen LogP contribution in [0.4, 0.5) is 0 Å². The van der Waals surface area contributed by atoms with E-state index in [0.717, 1.165) is 19.4 Å². The summed E-state index contributed by atoms with van der Waals surface area (Å²) in [6.07, 6.45) is 5.12. The Balaban J connectivity index is 2.35. The van der Waals surface area contributed by atoms with E-state index in [9.17, 15) is 4.79 Å². The largest absolute Gasteiger partial charge is 0.386 e. The van der Waals surface area contributed by atoms with Gasteiger partial charge in [-0.3, -0.25) is 4.79 Å². The number of hydrogen-bond acceptors (Lipinski definition) is 4. The van der Waals surface area contributed by atoms with Gasteiger partial charge in [-0.25, -0.2) is 0 Å². The second kappa shape index (κ2) is 7.47. The average Bonchev–Trinajstić information content (AvgIpc) is 2.85. The van der Waals surface area contributed by atoms with Gasteiger partial charge in [-0.05, 0) is 12.8 Å². The second-order valence-corrected chi connectivity index (χ2v) is 3.71. The van der Waals surface area contributed by atoms with Crippen molar-refractivity contribution < 1.29 is 9.53 Å². The molecule has 1 atom stereocenters. The molecule has 17 heavy (non-hydrogen) atoms. The fourth-order valence-corrected chi connectivity index (χ4v) is 1.50. The zero-order valence-corrected chi connectivity index (χ0v) is 9.74. The Labute approximate surface area is 101 Å². The summed E-state index contributed by atoms with van der Waals surface area (Å²) in [6.45, 7) is 5.25. The Morgan fingerprint density at radius 3 is 3.06 bits per heavy atom. The fraction of sp³-hybridized carbons (Fsp3) is 0.500. The maximum Gasteiger partial charge on any atom is 0.263 e. The summed E-state index contributed by atoms with van der Waals surface area (Å²) in [7, 11) is 0. The predicted octanol–water partition coefficient (Wildman–Crippen LogP) is 0.465. The van der Waals surface area contributed by atoms with Crippen molar-refractivity contribution in [2.24, 2.45) is 0 Å². The summed E-state index contributed by atoms with van der Waals surface area (Å²) < 4.78 is 5.37. The topological polar surface area (TPSA) is 74.2 Å². The monoisotopic (exact) mass is 235 g/mol. The molecule has 0 spiro atoms.